The summed E-state index contributed by atoms with van der Waals surface area (Å²) in [5.74, 6) is 0. The molecule has 0 aliphatic heterocycles. The van der Waals surface area contributed by atoms with Gasteiger partial charge in [-0.3, -0.25) is 4.90 Å². The first kappa shape index (κ1) is 16.4. The van der Waals surface area contributed by atoms with Gasteiger partial charge in [0.05, 0.1) is 12.6 Å². The molecule has 0 spiro atoms. The standard InChI is InChI=1S/C15H25ClN2O/c1-3-8-18(9-10-19)15(14(17)4-2)12-6-5-7-13(16)11-12/h5-7,11,14-15,19H,3-4,8-10,17H2,1-2H3. The summed E-state index contributed by atoms with van der Waals surface area (Å²) in [6.45, 7) is 5.93. The van der Waals surface area contributed by atoms with Crippen molar-refractivity contribution in [3.63, 3.8) is 0 Å². The van der Waals surface area contributed by atoms with E-state index in [-0.39, 0.29) is 18.7 Å². The molecule has 0 fully saturated rings. The third-order valence-electron chi connectivity index (χ3n) is 3.36. The van der Waals surface area contributed by atoms with Crippen molar-refractivity contribution in [3.05, 3.63) is 34.9 Å². The summed E-state index contributed by atoms with van der Waals surface area (Å²) in [7, 11) is 0. The van der Waals surface area contributed by atoms with Crippen LogP contribution in [0.4, 0.5) is 0 Å². The van der Waals surface area contributed by atoms with Crippen LogP contribution in [0.5, 0.6) is 0 Å². The number of nitrogens with zero attached hydrogens (tertiary/aromatic N) is 1. The van der Waals surface area contributed by atoms with Crippen LogP contribution < -0.4 is 5.73 Å². The number of aliphatic hydroxyl groups excluding tert-OH is 1. The summed E-state index contributed by atoms with van der Waals surface area (Å²) in [6, 6.07) is 8.01. The van der Waals surface area contributed by atoms with Crippen molar-refractivity contribution in [1.82, 2.24) is 4.90 Å². The molecule has 0 aliphatic carbocycles. The first-order valence-electron chi connectivity index (χ1n) is 7.00. The minimum absolute atomic E-state index is 0.0385. The third kappa shape index (κ3) is 4.77. The lowest BCUT2D eigenvalue weighted by Crippen LogP contribution is -2.42. The molecule has 19 heavy (non-hydrogen) atoms. The normalized spacial score (nSPS) is 14.6. The lowest BCUT2D eigenvalue weighted by Gasteiger charge is -2.35. The van der Waals surface area contributed by atoms with Crippen molar-refractivity contribution in [3.8, 4) is 0 Å². The van der Waals surface area contributed by atoms with Crippen LogP contribution >= 0.6 is 11.6 Å². The van der Waals surface area contributed by atoms with Crippen molar-refractivity contribution < 1.29 is 5.11 Å². The summed E-state index contributed by atoms with van der Waals surface area (Å²) in [5, 5.41) is 9.99. The first-order chi connectivity index (χ1) is 9.13. The molecule has 0 aromatic heterocycles. The topological polar surface area (TPSA) is 49.5 Å². The van der Waals surface area contributed by atoms with E-state index in [4.69, 9.17) is 17.3 Å². The van der Waals surface area contributed by atoms with Gasteiger partial charge in [-0.1, -0.05) is 37.6 Å². The SMILES string of the molecule is CCCN(CCO)C(c1cccc(Cl)c1)C(N)CC. The molecular weight excluding hydrogens is 260 g/mol. The molecule has 1 rings (SSSR count). The Hall–Kier alpha value is -0.610. The summed E-state index contributed by atoms with van der Waals surface area (Å²) in [6.07, 6.45) is 1.93. The minimum atomic E-state index is 0.0385. The molecule has 0 bridgehead atoms. The maximum atomic E-state index is 9.26. The zero-order valence-corrected chi connectivity index (χ0v) is 12.6. The number of aliphatic hydroxyl groups is 1. The molecule has 0 radical (unpaired) electrons. The number of benzene rings is 1. The highest BCUT2D eigenvalue weighted by Crippen LogP contribution is 2.27. The average Bonchev–Trinajstić information content (AvgIpc) is 2.39. The molecule has 108 valence electrons. The fourth-order valence-electron chi connectivity index (χ4n) is 2.45. The maximum Gasteiger partial charge on any atom is 0.0558 e. The van der Waals surface area contributed by atoms with Gasteiger partial charge in [0.1, 0.15) is 0 Å². The van der Waals surface area contributed by atoms with Crippen molar-refractivity contribution >= 4 is 11.6 Å². The predicted octanol–water partition coefficient (Wildman–Crippen LogP) is 2.82. The molecule has 2 atom stereocenters. The molecule has 4 heteroatoms. The Morgan fingerprint density at radius 1 is 1.32 bits per heavy atom. The Morgan fingerprint density at radius 2 is 2.05 bits per heavy atom. The molecule has 1 aromatic carbocycles. The molecule has 2 unspecified atom stereocenters. The molecule has 0 saturated carbocycles. The van der Waals surface area contributed by atoms with Gasteiger partial charge in [-0.05, 0) is 37.1 Å². The lowest BCUT2D eigenvalue weighted by atomic mass is 9.96. The Balaban J connectivity index is 3.04. The molecule has 1 aromatic rings. The van der Waals surface area contributed by atoms with Crippen LogP contribution in [0.1, 0.15) is 38.3 Å². The van der Waals surface area contributed by atoms with E-state index in [1.54, 1.807) is 0 Å². The van der Waals surface area contributed by atoms with Gasteiger partial charge in [0.15, 0.2) is 0 Å². The summed E-state index contributed by atoms with van der Waals surface area (Å²) >= 11 is 6.09. The quantitative estimate of drug-likeness (QED) is 0.772. The fourth-order valence-corrected chi connectivity index (χ4v) is 2.65. The zero-order valence-electron chi connectivity index (χ0n) is 11.8. The van der Waals surface area contributed by atoms with Crippen molar-refractivity contribution in [2.75, 3.05) is 19.7 Å². The van der Waals surface area contributed by atoms with Crippen LogP contribution in [0.15, 0.2) is 24.3 Å². The third-order valence-corrected chi connectivity index (χ3v) is 3.59. The number of nitrogens with two attached hydrogens (primary N) is 1. The highest BCUT2D eigenvalue weighted by molar-refractivity contribution is 6.30. The van der Waals surface area contributed by atoms with Gasteiger partial charge in [0.2, 0.25) is 0 Å². The Morgan fingerprint density at radius 3 is 2.58 bits per heavy atom. The first-order valence-corrected chi connectivity index (χ1v) is 7.37. The van der Waals surface area contributed by atoms with Crippen LogP contribution in [0.2, 0.25) is 5.02 Å². The highest BCUT2D eigenvalue weighted by atomic mass is 35.5. The second kappa shape index (κ2) is 8.54. The van der Waals surface area contributed by atoms with E-state index in [1.807, 2.05) is 18.2 Å². The summed E-state index contributed by atoms with van der Waals surface area (Å²) in [5.41, 5.74) is 7.42. The van der Waals surface area contributed by atoms with Crippen molar-refractivity contribution in [1.29, 1.82) is 0 Å². The smallest absolute Gasteiger partial charge is 0.0558 e. The number of halogens is 1. The van der Waals surface area contributed by atoms with Crippen LogP contribution in [-0.4, -0.2) is 35.7 Å². The molecule has 0 heterocycles. The lowest BCUT2D eigenvalue weighted by molar-refractivity contribution is 0.132. The maximum absolute atomic E-state index is 9.26. The van der Waals surface area contributed by atoms with E-state index in [0.717, 1.165) is 30.0 Å². The highest BCUT2D eigenvalue weighted by Gasteiger charge is 2.25. The van der Waals surface area contributed by atoms with Crippen molar-refractivity contribution in [2.24, 2.45) is 5.73 Å². The second-order valence-electron chi connectivity index (χ2n) is 4.83. The molecule has 0 aliphatic rings. The number of hydrogen-bond donors (Lipinski definition) is 2. The van der Waals surface area contributed by atoms with E-state index >= 15 is 0 Å². The second-order valence-corrected chi connectivity index (χ2v) is 5.27. The van der Waals surface area contributed by atoms with Crippen LogP contribution in [0.3, 0.4) is 0 Å². The van der Waals surface area contributed by atoms with Crippen molar-refractivity contribution in [2.45, 2.75) is 38.8 Å². The van der Waals surface area contributed by atoms with E-state index in [2.05, 4.69) is 24.8 Å². The average molecular weight is 285 g/mol. The molecule has 3 nitrogen and oxygen atoms in total. The molecular formula is C15H25ClN2O. The summed E-state index contributed by atoms with van der Waals surface area (Å²) in [4.78, 5) is 2.25. The molecule has 0 amide bonds. The Labute approximate surface area is 121 Å². The van der Waals surface area contributed by atoms with E-state index in [1.165, 1.54) is 0 Å². The molecule has 3 N–H and O–H groups in total. The zero-order chi connectivity index (χ0) is 14.3. The largest absolute Gasteiger partial charge is 0.395 e. The van der Waals surface area contributed by atoms with Gasteiger partial charge < -0.3 is 10.8 Å². The van der Waals surface area contributed by atoms with Gasteiger partial charge in [-0.25, -0.2) is 0 Å². The summed E-state index contributed by atoms with van der Waals surface area (Å²) < 4.78 is 0. The predicted molar refractivity (Wildman–Crippen MR) is 81.4 cm³/mol. The van der Waals surface area contributed by atoms with Crippen LogP contribution in [0.25, 0.3) is 0 Å². The van der Waals surface area contributed by atoms with Gasteiger partial charge >= 0.3 is 0 Å². The monoisotopic (exact) mass is 284 g/mol. The van der Waals surface area contributed by atoms with Crippen LogP contribution in [-0.2, 0) is 0 Å². The van der Waals surface area contributed by atoms with Gasteiger partial charge in [-0.15, -0.1) is 0 Å². The van der Waals surface area contributed by atoms with Gasteiger partial charge in [0, 0.05) is 17.6 Å². The van der Waals surface area contributed by atoms with E-state index in [9.17, 15) is 5.11 Å². The number of rotatable bonds is 8. The van der Waals surface area contributed by atoms with E-state index < -0.39 is 0 Å². The van der Waals surface area contributed by atoms with Gasteiger partial charge in [-0.2, -0.15) is 0 Å². The van der Waals surface area contributed by atoms with E-state index in [0.29, 0.717) is 6.54 Å². The fraction of sp³-hybridized carbons (Fsp3) is 0.600. The molecule has 0 saturated heterocycles. The minimum Gasteiger partial charge on any atom is -0.395 e. The van der Waals surface area contributed by atoms with Gasteiger partial charge in [0.25, 0.3) is 0 Å². The Bertz CT molecular complexity index is 367. The number of hydrogen-bond acceptors (Lipinski definition) is 3. The van der Waals surface area contributed by atoms with Crippen LogP contribution in [0, 0.1) is 0 Å². The Kier molecular flexibility index (Phi) is 7.39.